The molecule has 1 aromatic heterocycles. The largest absolute Gasteiger partial charge is 0.372 e. The Morgan fingerprint density at radius 1 is 1.06 bits per heavy atom. The number of halogens is 1. The van der Waals surface area contributed by atoms with Crippen molar-refractivity contribution in [3.63, 3.8) is 0 Å². The molecule has 0 radical (unpaired) electrons. The molecule has 0 N–H and O–H groups in total. The lowest BCUT2D eigenvalue weighted by Crippen LogP contribution is -2.22. The Morgan fingerprint density at radius 2 is 1.59 bits per heavy atom. The van der Waals surface area contributed by atoms with E-state index in [1.807, 2.05) is 74.6 Å². The van der Waals surface area contributed by atoms with E-state index in [0.717, 1.165) is 34.1 Å². The summed E-state index contributed by atoms with van der Waals surface area (Å²) in [6, 6.07) is 2.09. The minimum atomic E-state index is 0.342. The van der Waals surface area contributed by atoms with Gasteiger partial charge in [-0.15, -0.1) is 0 Å². The van der Waals surface area contributed by atoms with Crippen molar-refractivity contribution in [3.05, 3.63) is 89.3 Å². The van der Waals surface area contributed by atoms with Crippen LogP contribution in [-0.4, -0.2) is 11.1 Å². The first kappa shape index (κ1) is 36.9. The minimum absolute atomic E-state index is 0.342. The van der Waals surface area contributed by atoms with Crippen LogP contribution in [0.2, 0.25) is 0 Å². The minimum Gasteiger partial charge on any atom is -0.372 e. The summed E-state index contributed by atoms with van der Waals surface area (Å²) in [7, 11) is 0. The summed E-state index contributed by atoms with van der Waals surface area (Å²) in [5.74, 6) is 0.618. The first-order valence-corrected chi connectivity index (χ1v) is 13.7. The monoisotopic (exact) mass is 533 g/mol. The van der Waals surface area contributed by atoms with Gasteiger partial charge < -0.3 is 4.74 Å². The van der Waals surface area contributed by atoms with Crippen LogP contribution >= 0.6 is 15.9 Å². The molecule has 1 aliphatic rings. The highest BCUT2D eigenvalue weighted by Crippen LogP contribution is 2.32. The normalized spacial score (nSPS) is 16.7. The van der Waals surface area contributed by atoms with Gasteiger partial charge in [0.25, 0.3) is 0 Å². The third-order valence-electron chi connectivity index (χ3n) is 4.72. The van der Waals surface area contributed by atoms with E-state index in [2.05, 4.69) is 64.9 Å². The van der Waals surface area contributed by atoms with Gasteiger partial charge in [0.05, 0.1) is 18.4 Å². The van der Waals surface area contributed by atoms with Crippen LogP contribution in [0.4, 0.5) is 0 Å². The van der Waals surface area contributed by atoms with Crippen molar-refractivity contribution in [3.8, 4) is 0 Å². The van der Waals surface area contributed by atoms with Gasteiger partial charge in [0.2, 0.25) is 0 Å². The van der Waals surface area contributed by atoms with Gasteiger partial charge in [0.1, 0.15) is 0 Å². The fraction of sp³-hybridized carbons (Fsp3) is 0.516. The molecule has 2 rings (SSSR count). The van der Waals surface area contributed by atoms with Gasteiger partial charge in [-0.2, -0.15) is 0 Å². The van der Waals surface area contributed by atoms with Crippen molar-refractivity contribution in [1.82, 2.24) is 4.98 Å². The second kappa shape index (κ2) is 25.9. The van der Waals surface area contributed by atoms with E-state index in [4.69, 9.17) is 4.74 Å². The molecular weight excluding hydrogens is 482 g/mol. The Morgan fingerprint density at radius 3 is 2.00 bits per heavy atom. The zero-order valence-electron chi connectivity index (χ0n) is 23.6. The van der Waals surface area contributed by atoms with Crippen molar-refractivity contribution in [2.24, 2.45) is 5.92 Å². The molecule has 1 aliphatic carbocycles. The predicted octanol–water partition coefficient (Wildman–Crippen LogP) is 10.7. The van der Waals surface area contributed by atoms with Crippen molar-refractivity contribution in [1.29, 1.82) is 0 Å². The Labute approximate surface area is 221 Å². The summed E-state index contributed by atoms with van der Waals surface area (Å²) in [5, 5.41) is 0. The smallest absolute Gasteiger partial charge is 0.0903 e. The zero-order valence-corrected chi connectivity index (χ0v) is 25.2. The number of nitrogens with zero attached hydrogens (tertiary/aromatic N) is 1. The van der Waals surface area contributed by atoms with Crippen LogP contribution in [-0.2, 0) is 11.3 Å². The number of aryl methyl sites for hydroxylation is 1. The average molecular weight is 535 g/mol. The third-order valence-corrected chi connectivity index (χ3v) is 5.41. The molecule has 0 unspecified atom stereocenters. The quantitative estimate of drug-likeness (QED) is 0.325. The molecule has 3 heteroatoms. The maximum Gasteiger partial charge on any atom is 0.0903 e. The summed E-state index contributed by atoms with van der Waals surface area (Å²) in [6.45, 7) is 29.5. The Kier molecular flexibility index (Phi) is 28.1. The van der Waals surface area contributed by atoms with Crippen molar-refractivity contribution in [2.75, 3.05) is 0 Å². The van der Waals surface area contributed by atoms with E-state index in [0.29, 0.717) is 18.6 Å². The topological polar surface area (TPSA) is 22.1 Å². The molecule has 1 heterocycles. The van der Waals surface area contributed by atoms with Crippen LogP contribution in [0.1, 0.15) is 92.3 Å². The average Bonchev–Trinajstić information content (AvgIpc) is 2.88. The van der Waals surface area contributed by atoms with E-state index in [9.17, 15) is 0 Å². The van der Waals surface area contributed by atoms with Gasteiger partial charge in [-0.05, 0) is 85.5 Å². The van der Waals surface area contributed by atoms with Crippen LogP contribution in [0, 0.1) is 12.8 Å². The maximum atomic E-state index is 6.08. The van der Waals surface area contributed by atoms with Crippen LogP contribution in [0.15, 0.2) is 78.0 Å². The van der Waals surface area contributed by atoms with Crippen molar-refractivity contribution in [2.45, 2.75) is 101 Å². The number of pyridine rings is 1. The number of aromatic nitrogens is 1. The van der Waals surface area contributed by atoms with Gasteiger partial charge in [-0.1, -0.05) is 97.2 Å². The summed E-state index contributed by atoms with van der Waals surface area (Å²) in [4.78, 5) is 4.45. The summed E-state index contributed by atoms with van der Waals surface area (Å²) >= 11 is 3.57. The molecule has 1 saturated carbocycles. The molecule has 0 aromatic carbocycles. The third kappa shape index (κ3) is 17.7. The Balaban J connectivity index is -0.000000748. The second-order valence-electron chi connectivity index (χ2n) is 7.17. The first-order chi connectivity index (χ1) is 16.4. The molecule has 1 aromatic rings. The molecule has 0 saturated heterocycles. The fourth-order valence-corrected chi connectivity index (χ4v) is 3.58. The fourth-order valence-electron chi connectivity index (χ4n) is 3.01. The lowest BCUT2D eigenvalue weighted by atomic mass is 9.82. The van der Waals surface area contributed by atoms with E-state index in [-0.39, 0.29) is 0 Å². The summed E-state index contributed by atoms with van der Waals surface area (Å²) in [6.07, 6.45) is 16.9. The van der Waals surface area contributed by atoms with Gasteiger partial charge >= 0.3 is 0 Å². The molecule has 0 atom stereocenters. The zero-order chi connectivity index (χ0) is 26.9. The lowest BCUT2D eigenvalue weighted by molar-refractivity contribution is 0.00865. The van der Waals surface area contributed by atoms with Gasteiger partial charge in [0, 0.05) is 10.7 Å². The highest BCUT2D eigenvalue weighted by molar-refractivity contribution is 9.10. The highest BCUT2D eigenvalue weighted by Gasteiger charge is 2.23. The van der Waals surface area contributed by atoms with Gasteiger partial charge in [0.15, 0.2) is 0 Å². The van der Waals surface area contributed by atoms with Crippen molar-refractivity contribution >= 4 is 15.9 Å². The van der Waals surface area contributed by atoms with E-state index in [1.165, 1.54) is 18.4 Å². The highest BCUT2D eigenvalue weighted by atomic mass is 79.9. The van der Waals surface area contributed by atoms with Gasteiger partial charge in [-0.3, -0.25) is 4.98 Å². The summed E-state index contributed by atoms with van der Waals surface area (Å²) < 4.78 is 7.12. The Hall–Kier alpha value is -1.71. The van der Waals surface area contributed by atoms with Crippen LogP contribution < -0.4 is 0 Å². The molecule has 1 fully saturated rings. The molecule has 194 valence electrons. The maximum absolute atomic E-state index is 6.08. The molecular formula is C31H52BrNO. The number of rotatable bonds is 7. The number of hydrogen-bond acceptors (Lipinski definition) is 2. The van der Waals surface area contributed by atoms with Crippen LogP contribution in [0.25, 0.3) is 0 Å². The molecule has 0 amide bonds. The Bertz CT molecular complexity index is 710. The summed E-state index contributed by atoms with van der Waals surface area (Å²) in [5.41, 5.74) is 4.51. The first-order valence-electron chi connectivity index (χ1n) is 12.9. The van der Waals surface area contributed by atoms with E-state index < -0.39 is 0 Å². The SMILES string of the molecule is C=C/C(=C\C=C/C)C1CCC(OCc2ncc(C)cc2Br)CC1.C=CC(=C)C.CC.CC.CC. The molecule has 2 nitrogen and oxygen atoms in total. The molecule has 0 spiro atoms. The number of ether oxygens (including phenoxy) is 1. The van der Waals surface area contributed by atoms with Gasteiger partial charge in [-0.25, -0.2) is 0 Å². The van der Waals surface area contributed by atoms with Crippen LogP contribution in [0.5, 0.6) is 0 Å². The standard InChI is InChI=1S/C20H26BrNO.C5H8.3C2H6/c1-4-6-7-16(5-2)17-8-10-18(11-9-17)23-14-20-19(21)12-15(3)13-22-20;1-4-5(2)3;3*1-2/h4-7,12-13,17-18H,2,8-11,14H2,1,3H3;4H,1-2H2,3H3;3*1-2H3/b6-4-,16-7+;;;;. The van der Waals surface area contributed by atoms with E-state index in [1.54, 1.807) is 6.08 Å². The second-order valence-corrected chi connectivity index (χ2v) is 8.03. The number of hydrogen-bond donors (Lipinski definition) is 0. The van der Waals surface area contributed by atoms with Crippen molar-refractivity contribution < 1.29 is 4.74 Å². The molecule has 0 aliphatic heterocycles. The molecule has 0 bridgehead atoms. The van der Waals surface area contributed by atoms with E-state index >= 15 is 0 Å². The predicted molar refractivity (Wildman–Crippen MR) is 159 cm³/mol. The number of allylic oxidation sites excluding steroid dienone is 7. The van der Waals surface area contributed by atoms with Crippen LogP contribution in [0.3, 0.4) is 0 Å². The lowest BCUT2D eigenvalue weighted by Gasteiger charge is -2.29. The molecule has 34 heavy (non-hydrogen) atoms.